The normalized spacial score (nSPS) is 10.7. The molecule has 0 unspecified atom stereocenters. The number of pyridine rings is 1. The van der Waals surface area contributed by atoms with Crippen molar-refractivity contribution in [2.45, 2.75) is 19.9 Å². The zero-order chi connectivity index (χ0) is 11.1. The van der Waals surface area contributed by atoms with Crippen molar-refractivity contribution >= 4 is 30.7 Å². The van der Waals surface area contributed by atoms with Crippen molar-refractivity contribution in [3.63, 3.8) is 0 Å². The fourth-order valence-electron chi connectivity index (χ4n) is 1.27. The highest BCUT2D eigenvalue weighted by molar-refractivity contribution is 5.93. The third-order valence-corrected chi connectivity index (χ3v) is 2.05. The van der Waals surface area contributed by atoms with Gasteiger partial charge in [-0.3, -0.25) is 9.78 Å². The second-order valence-corrected chi connectivity index (χ2v) is 3.41. The van der Waals surface area contributed by atoms with E-state index < -0.39 is 0 Å². The molecular formula is C11H19Cl2N3O. The topological polar surface area (TPSA) is 54.0 Å². The van der Waals surface area contributed by atoms with Gasteiger partial charge in [0.05, 0.1) is 5.56 Å². The van der Waals surface area contributed by atoms with Crippen molar-refractivity contribution in [2.75, 3.05) is 13.1 Å². The molecule has 0 spiro atoms. The van der Waals surface area contributed by atoms with Crippen LogP contribution in [-0.4, -0.2) is 30.0 Å². The van der Waals surface area contributed by atoms with E-state index in [1.54, 1.807) is 24.5 Å². The molecule has 1 aromatic heterocycles. The molecule has 1 aromatic rings. The Balaban J connectivity index is 0. The molecule has 0 fully saturated rings. The van der Waals surface area contributed by atoms with Gasteiger partial charge in [0, 0.05) is 25.0 Å². The van der Waals surface area contributed by atoms with Crippen LogP contribution in [-0.2, 0) is 0 Å². The molecule has 1 rings (SSSR count). The van der Waals surface area contributed by atoms with Crippen LogP contribution in [0, 0.1) is 0 Å². The molecule has 1 heterocycles. The number of hydrogen-bond donors (Lipinski definition) is 2. The summed E-state index contributed by atoms with van der Waals surface area (Å²) >= 11 is 0. The third-order valence-electron chi connectivity index (χ3n) is 2.05. The van der Waals surface area contributed by atoms with Crippen LogP contribution in [0.3, 0.4) is 0 Å². The Bertz CT molecular complexity index is 309. The molecule has 6 heteroatoms. The molecule has 4 nitrogen and oxygen atoms in total. The van der Waals surface area contributed by atoms with E-state index in [1.807, 2.05) is 13.8 Å². The molecule has 1 atom stereocenters. The van der Waals surface area contributed by atoms with Crippen LogP contribution in [0.5, 0.6) is 0 Å². The van der Waals surface area contributed by atoms with Gasteiger partial charge in [-0.2, -0.15) is 0 Å². The average molecular weight is 280 g/mol. The van der Waals surface area contributed by atoms with Crippen LogP contribution in [0.2, 0.25) is 0 Å². The summed E-state index contributed by atoms with van der Waals surface area (Å²) in [5.74, 6) is -0.0761. The number of carbonyl (C=O) groups is 1. The maximum absolute atomic E-state index is 11.6. The SMILES string of the molecule is CCN[C@H](C)CNC(=O)c1cccnc1.Cl.Cl. The number of halogens is 2. The number of amides is 1. The minimum Gasteiger partial charge on any atom is -0.350 e. The first kappa shape index (κ1) is 18.5. The number of aromatic nitrogens is 1. The average Bonchev–Trinajstić information content (AvgIpc) is 2.27. The molecule has 0 saturated carbocycles. The highest BCUT2D eigenvalue weighted by Gasteiger charge is 2.06. The lowest BCUT2D eigenvalue weighted by atomic mass is 10.2. The Morgan fingerprint density at radius 2 is 2.18 bits per heavy atom. The summed E-state index contributed by atoms with van der Waals surface area (Å²) in [6.45, 7) is 5.61. The minimum absolute atomic E-state index is 0. The zero-order valence-corrected chi connectivity index (χ0v) is 11.6. The van der Waals surface area contributed by atoms with E-state index in [-0.39, 0.29) is 36.8 Å². The van der Waals surface area contributed by atoms with Gasteiger partial charge in [-0.1, -0.05) is 6.92 Å². The fraction of sp³-hybridized carbons (Fsp3) is 0.455. The number of nitrogens with zero attached hydrogens (tertiary/aromatic N) is 1. The molecule has 2 N–H and O–H groups in total. The monoisotopic (exact) mass is 279 g/mol. The lowest BCUT2D eigenvalue weighted by Gasteiger charge is -2.12. The second kappa shape index (κ2) is 10.3. The highest BCUT2D eigenvalue weighted by atomic mass is 35.5. The predicted molar refractivity (Wildman–Crippen MR) is 74.2 cm³/mol. The molecular weight excluding hydrogens is 261 g/mol. The molecule has 1 amide bonds. The van der Waals surface area contributed by atoms with Gasteiger partial charge in [-0.25, -0.2) is 0 Å². The molecule has 0 aliphatic rings. The van der Waals surface area contributed by atoms with Gasteiger partial charge < -0.3 is 10.6 Å². The van der Waals surface area contributed by atoms with Crippen LogP contribution in [0.25, 0.3) is 0 Å². The predicted octanol–water partition coefficient (Wildman–Crippen LogP) is 1.65. The molecule has 0 aliphatic heterocycles. The van der Waals surface area contributed by atoms with Gasteiger partial charge in [0.1, 0.15) is 0 Å². The summed E-state index contributed by atoms with van der Waals surface area (Å²) in [5.41, 5.74) is 0.598. The quantitative estimate of drug-likeness (QED) is 0.862. The second-order valence-electron chi connectivity index (χ2n) is 3.41. The molecule has 0 saturated heterocycles. The highest BCUT2D eigenvalue weighted by Crippen LogP contribution is 1.94. The molecule has 0 radical (unpaired) electrons. The van der Waals surface area contributed by atoms with E-state index in [0.717, 1.165) is 6.54 Å². The van der Waals surface area contributed by atoms with Gasteiger partial charge in [0.15, 0.2) is 0 Å². The van der Waals surface area contributed by atoms with Gasteiger partial charge in [-0.05, 0) is 25.6 Å². The number of rotatable bonds is 5. The van der Waals surface area contributed by atoms with Crippen molar-refractivity contribution in [2.24, 2.45) is 0 Å². The van der Waals surface area contributed by atoms with Crippen LogP contribution in [0.1, 0.15) is 24.2 Å². The van der Waals surface area contributed by atoms with E-state index in [4.69, 9.17) is 0 Å². The Morgan fingerprint density at radius 1 is 1.47 bits per heavy atom. The minimum atomic E-state index is -0.0761. The fourth-order valence-corrected chi connectivity index (χ4v) is 1.27. The first-order valence-electron chi connectivity index (χ1n) is 5.15. The van der Waals surface area contributed by atoms with Crippen molar-refractivity contribution in [1.82, 2.24) is 15.6 Å². The Kier molecular flexibility index (Phi) is 11.2. The largest absolute Gasteiger partial charge is 0.350 e. The van der Waals surface area contributed by atoms with Crippen molar-refractivity contribution < 1.29 is 4.79 Å². The van der Waals surface area contributed by atoms with Crippen molar-refractivity contribution in [1.29, 1.82) is 0 Å². The molecule has 17 heavy (non-hydrogen) atoms. The summed E-state index contributed by atoms with van der Waals surface area (Å²) in [6, 6.07) is 3.79. The number of carbonyl (C=O) groups excluding carboxylic acids is 1. The van der Waals surface area contributed by atoms with Gasteiger partial charge in [-0.15, -0.1) is 24.8 Å². The van der Waals surface area contributed by atoms with E-state index in [9.17, 15) is 4.79 Å². The van der Waals surface area contributed by atoms with E-state index in [0.29, 0.717) is 12.1 Å². The number of nitrogens with one attached hydrogen (secondary N) is 2. The smallest absolute Gasteiger partial charge is 0.252 e. The summed E-state index contributed by atoms with van der Waals surface area (Å²) in [4.78, 5) is 15.5. The Labute approximate surface area is 114 Å². The lowest BCUT2D eigenvalue weighted by Crippen LogP contribution is -2.38. The first-order chi connectivity index (χ1) is 7.24. The van der Waals surface area contributed by atoms with Gasteiger partial charge >= 0.3 is 0 Å². The van der Waals surface area contributed by atoms with Crippen molar-refractivity contribution in [3.8, 4) is 0 Å². The van der Waals surface area contributed by atoms with Gasteiger partial charge in [0.25, 0.3) is 5.91 Å². The van der Waals surface area contributed by atoms with Crippen LogP contribution in [0.4, 0.5) is 0 Å². The van der Waals surface area contributed by atoms with Crippen molar-refractivity contribution in [3.05, 3.63) is 30.1 Å². The van der Waals surface area contributed by atoms with E-state index in [1.165, 1.54) is 0 Å². The maximum Gasteiger partial charge on any atom is 0.252 e. The van der Waals surface area contributed by atoms with Gasteiger partial charge in [0.2, 0.25) is 0 Å². The zero-order valence-electron chi connectivity index (χ0n) is 9.97. The summed E-state index contributed by atoms with van der Waals surface area (Å²) in [6.07, 6.45) is 3.21. The number of likely N-dealkylation sites (N-methyl/N-ethyl adjacent to an activating group) is 1. The Hall–Kier alpha value is -0.840. The van der Waals surface area contributed by atoms with Crippen LogP contribution < -0.4 is 10.6 Å². The lowest BCUT2D eigenvalue weighted by molar-refractivity contribution is 0.0950. The standard InChI is InChI=1S/C11H17N3O.2ClH/c1-3-13-9(2)7-14-11(15)10-5-4-6-12-8-10;;/h4-6,8-9,13H,3,7H2,1-2H3,(H,14,15);2*1H/t9-;;/m1../s1. The summed E-state index contributed by atoms with van der Waals surface area (Å²) < 4.78 is 0. The molecule has 0 aromatic carbocycles. The molecule has 0 bridgehead atoms. The molecule has 98 valence electrons. The number of hydrogen-bond acceptors (Lipinski definition) is 3. The van der Waals surface area contributed by atoms with Crippen LogP contribution in [0.15, 0.2) is 24.5 Å². The molecule has 0 aliphatic carbocycles. The first-order valence-corrected chi connectivity index (χ1v) is 5.15. The third kappa shape index (κ3) is 7.15. The summed E-state index contributed by atoms with van der Waals surface area (Å²) in [7, 11) is 0. The van der Waals surface area contributed by atoms with Crippen LogP contribution >= 0.6 is 24.8 Å². The summed E-state index contributed by atoms with van der Waals surface area (Å²) in [5, 5.41) is 6.06. The van der Waals surface area contributed by atoms with E-state index >= 15 is 0 Å². The van der Waals surface area contributed by atoms with E-state index in [2.05, 4.69) is 15.6 Å². The maximum atomic E-state index is 11.6. The Morgan fingerprint density at radius 3 is 2.71 bits per heavy atom.